The van der Waals surface area contributed by atoms with Gasteiger partial charge in [-0.05, 0) is 43.2 Å². The Morgan fingerprint density at radius 1 is 1.06 bits per heavy atom. The minimum Gasteiger partial charge on any atom is -0.404 e. The van der Waals surface area contributed by atoms with Crippen LogP contribution in [0.2, 0.25) is 5.02 Å². The van der Waals surface area contributed by atoms with Gasteiger partial charge in [0.05, 0.1) is 10.7 Å². The lowest BCUT2D eigenvalue weighted by molar-refractivity contribution is -0.274. The third-order valence-electron chi connectivity index (χ3n) is 4.80. The van der Waals surface area contributed by atoms with Crippen molar-refractivity contribution >= 4 is 29.1 Å². The van der Waals surface area contributed by atoms with Crippen molar-refractivity contribution in [3.05, 3.63) is 53.8 Å². The third kappa shape index (κ3) is 5.75. The number of rotatable bonds is 6. The molecule has 0 spiro atoms. The highest BCUT2D eigenvalue weighted by Gasteiger charge is 2.32. The highest BCUT2D eigenvalue weighted by atomic mass is 35.5. The van der Waals surface area contributed by atoms with Crippen molar-refractivity contribution in [3.8, 4) is 17.0 Å². The summed E-state index contributed by atoms with van der Waals surface area (Å²) in [6.45, 7) is 0. The quantitative estimate of drug-likeness (QED) is 0.467. The lowest BCUT2D eigenvalue weighted by atomic mass is 10.2. The van der Waals surface area contributed by atoms with Crippen LogP contribution in [0.15, 0.2) is 48.8 Å². The maximum Gasteiger partial charge on any atom is 0.573 e. The van der Waals surface area contributed by atoms with Gasteiger partial charge in [0.25, 0.3) is 0 Å². The first-order chi connectivity index (χ1) is 14.9. The Labute approximate surface area is 181 Å². The van der Waals surface area contributed by atoms with Crippen LogP contribution in [0.25, 0.3) is 11.3 Å². The van der Waals surface area contributed by atoms with Gasteiger partial charge in [0.1, 0.15) is 11.6 Å². The summed E-state index contributed by atoms with van der Waals surface area (Å²) in [7, 11) is 0. The number of nitrogens with zero attached hydrogens (tertiary/aromatic N) is 3. The van der Waals surface area contributed by atoms with E-state index < -0.39 is 12.1 Å². The normalized spacial score (nSPS) is 14.5. The summed E-state index contributed by atoms with van der Waals surface area (Å²) < 4.78 is 41.3. The van der Waals surface area contributed by atoms with Crippen molar-refractivity contribution in [1.29, 1.82) is 0 Å². The Morgan fingerprint density at radius 2 is 1.87 bits per heavy atom. The van der Waals surface area contributed by atoms with E-state index in [4.69, 9.17) is 11.6 Å². The van der Waals surface area contributed by atoms with Crippen LogP contribution < -0.4 is 15.4 Å². The molecule has 1 aliphatic rings. The molecule has 0 atom stereocenters. The number of benzene rings is 1. The van der Waals surface area contributed by atoms with E-state index in [2.05, 4.69) is 30.3 Å². The van der Waals surface area contributed by atoms with Crippen molar-refractivity contribution in [2.45, 2.75) is 38.1 Å². The summed E-state index contributed by atoms with van der Waals surface area (Å²) in [6, 6.07) is 9.68. The molecule has 2 aromatic heterocycles. The minimum absolute atomic E-state index is 0.173. The fourth-order valence-electron chi connectivity index (χ4n) is 3.42. The number of hydrogen-bond acceptors (Lipinski definition) is 6. The molecule has 31 heavy (non-hydrogen) atoms. The largest absolute Gasteiger partial charge is 0.573 e. The Bertz CT molecular complexity index is 1040. The van der Waals surface area contributed by atoms with Crippen LogP contribution in [-0.2, 0) is 0 Å². The Balaban J connectivity index is 1.61. The predicted molar refractivity (Wildman–Crippen MR) is 113 cm³/mol. The molecule has 1 saturated carbocycles. The summed E-state index contributed by atoms with van der Waals surface area (Å²) in [5.41, 5.74) is 1.94. The molecular weight excluding hydrogens is 431 g/mol. The first-order valence-electron chi connectivity index (χ1n) is 9.74. The summed E-state index contributed by atoms with van der Waals surface area (Å²) >= 11 is 5.96. The van der Waals surface area contributed by atoms with Crippen molar-refractivity contribution < 1.29 is 17.9 Å². The van der Waals surface area contributed by atoms with Crippen molar-refractivity contribution in [2.75, 3.05) is 10.6 Å². The van der Waals surface area contributed by atoms with Crippen LogP contribution in [-0.4, -0.2) is 27.4 Å². The van der Waals surface area contributed by atoms with Crippen molar-refractivity contribution in [2.24, 2.45) is 0 Å². The molecule has 1 fully saturated rings. The van der Waals surface area contributed by atoms with Gasteiger partial charge >= 0.3 is 6.36 Å². The molecule has 4 rings (SSSR count). The molecular formula is C21H19ClF3N5O. The van der Waals surface area contributed by atoms with Crippen LogP contribution in [0.5, 0.6) is 5.75 Å². The first kappa shape index (κ1) is 21.2. The smallest absolute Gasteiger partial charge is 0.404 e. The van der Waals surface area contributed by atoms with Gasteiger partial charge in [0, 0.05) is 35.8 Å². The summed E-state index contributed by atoms with van der Waals surface area (Å²) in [4.78, 5) is 13.3. The fraction of sp³-hybridized carbons (Fsp3) is 0.286. The lowest BCUT2D eigenvalue weighted by Gasteiger charge is -2.15. The molecule has 0 saturated heterocycles. The number of alkyl halides is 3. The van der Waals surface area contributed by atoms with Crippen molar-refractivity contribution in [1.82, 2.24) is 15.0 Å². The highest BCUT2D eigenvalue weighted by Crippen LogP contribution is 2.33. The van der Waals surface area contributed by atoms with Crippen LogP contribution in [0.1, 0.15) is 25.7 Å². The number of pyridine rings is 1. The van der Waals surface area contributed by atoms with E-state index in [0.717, 1.165) is 37.3 Å². The number of aromatic nitrogens is 3. The van der Waals surface area contributed by atoms with E-state index in [-0.39, 0.29) is 5.02 Å². The second-order valence-electron chi connectivity index (χ2n) is 7.15. The zero-order valence-corrected chi connectivity index (χ0v) is 17.0. The Kier molecular flexibility index (Phi) is 6.13. The van der Waals surface area contributed by atoms with Gasteiger partial charge in [-0.1, -0.05) is 24.4 Å². The minimum atomic E-state index is -4.81. The Hall–Kier alpha value is -3.07. The maximum atomic E-state index is 12.5. The molecule has 10 heteroatoms. The molecule has 1 aliphatic carbocycles. The molecule has 0 bridgehead atoms. The standard InChI is InChI=1S/C21H19ClF3N5O/c22-16-10-15(7-8-18(16)31-21(23,24)25)27-19-11-17(13-4-3-9-26-12-13)29-20(30-19)28-14-5-1-2-6-14/h3-4,7-12,14H,1-2,5-6H2,(H2,27,28,29,30). The zero-order chi connectivity index (χ0) is 21.8. The zero-order valence-electron chi connectivity index (χ0n) is 16.3. The van der Waals surface area contributed by atoms with Gasteiger partial charge < -0.3 is 15.4 Å². The molecule has 3 aromatic rings. The van der Waals surface area contributed by atoms with E-state index in [1.807, 2.05) is 12.1 Å². The van der Waals surface area contributed by atoms with Crippen LogP contribution in [0.4, 0.5) is 30.6 Å². The number of anilines is 3. The van der Waals surface area contributed by atoms with Gasteiger partial charge in [-0.2, -0.15) is 4.98 Å². The van der Waals surface area contributed by atoms with Gasteiger partial charge in [-0.3, -0.25) is 4.98 Å². The number of ether oxygens (including phenoxy) is 1. The van der Waals surface area contributed by atoms with E-state index >= 15 is 0 Å². The molecule has 6 nitrogen and oxygen atoms in total. The van der Waals surface area contributed by atoms with Gasteiger partial charge in [0.2, 0.25) is 5.95 Å². The first-order valence-corrected chi connectivity index (χ1v) is 10.1. The van der Waals surface area contributed by atoms with E-state index in [0.29, 0.717) is 29.2 Å². The SMILES string of the molecule is FC(F)(F)Oc1ccc(Nc2cc(-c3cccnc3)nc(NC3CCCC3)n2)cc1Cl. The summed E-state index contributed by atoms with van der Waals surface area (Å²) in [6.07, 6.45) is 3.00. The Morgan fingerprint density at radius 3 is 2.55 bits per heavy atom. The molecule has 0 radical (unpaired) electrons. The number of hydrogen-bond donors (Lipinski definition) is 2. The van der Waals surface area contributed by atoms with Crippen molar-refractivity contribution in [3.63, 3.8) is 0 Å². The van der Waals surface area contributed by atoms with E-state index in [1.165, 1.54) is 12.1 Å². The molecule has 2 N–H and O–H groups in total. The fourth-order valence-corrected chi connectivity index (χ4v) is 3.64. The van der Waals surface area contributed by atoms with Gasteiger partial charge in [-0.25, -0.2) is 4.98 Å². The van der Waals surface area contributed by atoms with Crippen LogP contribution in [0, 0.1) is 0 Å². The number of halogens is 4. The molecule has 0 amide bonds. The second-order valence-corrected chi connectivity index (χ2v) is 7.55. The molecule has 1 aromatic carbocycles. The molecule has 2 heterocycles. The van der Waals surface area contributed by atoms with E-state index in [9.17, 15) is 13.2 Å². The maximum absolute atomic E-state index is 12.5. The molecule has 0 unspecified atom stereocenters. The monoisotopic (exact) mass is 449 g/mol. The highest BCUT2D eigenvalue weighted by molar-refractivity contribution is 6.32. The predicted octanol–water partition coefficient (Wildman–Crippen LogP) is 6.19. The van der Waals surface area contributed by atoms with Gasteiger partial charge in [-0.15, -0.1) is 13.2 Å². The average Bonchev–Trinajstić information content (AvgIpc) is 3.23. The van der Waals surface area contributed by atoms with E-state index in [1.54, 1.807) is 18.5 Å². The van der Waals surface area contributed by atoms with Crippen LogP contribution >= 0.6 is 11.6 Å². The summed E-state index contributed by atoms with van der Waals surface area (Å²) in [5, 5.41) is 6.27. The lowest BCUT2D eigenvalue weighted by Crippen LogP contribution is -2.17. The second kappa shape index (κ2) is 8.97. The average molecular weight is 450 g/mol. The molecule has 0 aliphatic heterocycles. The third-order valence-corrected chi connectivity index (χ3v) is 5.10. The van der Waals surface area contributed by atoms with Gasteiger partial charge in [0.15, 0.2) is 0 Å². The molecule has 162 valence electrons. The number of nitrogens with one attached hydrogen (secondary N) is 2. The summed E-state index contributed by atoms with van der Waals surface area (Å²) in [5.74, 6) is 0.468. The van der Waals surface area contributed by atoms with Crippen LogP contribution in [0.3, 0.4) is 0 Å². The topological polar surface area (TPSA) is 72.0 Å².